The molecule has 0 aliphatic rings. The van der Waals surface area contributed by atoms with Crippen molar-refractivity contribution < 1.29 is 17.9 Å². The van der Waals surface area contributed by atoms with Crippen LogP contribution in [0.4, 0.5) is 30.6 Å². The Bertz CT molecular complexity index is 1290. The molecule has 4 rings (SSSR count). The summed E-state index contributed by atoms with van der Waals surface area (Å²) in [7, 11) is 0. The second kappa shape index (κ2) is 8.98. The fourth-order valence-electron chi connectivity index (χ4n) is 2.95. The number of thioether (sulfide) groups is 1. The van der Waals surface area contributed by atoms with Crippen LogP contribution in [0.1, 0.15) is 11.1 Å². The Morgan fingerprint density at radius 1 is 1.06 bits per heavy atom. The molecule has 0 amide bonds. The second-order valence-corrected chi connectivity index (χ2v) is 7.70. The molecule has 2 heterocycles. The third-order valence-electron chi connectivity index (χ3n) is 4.49. The number of nitrogens with one attached hydrogen (secondary N) is 2. The Morgan fingerprint density at radius 2 is 1.88 bits per heavy atom. The minimum atomic E-state index is -4.43. The number of nitrogens with zero attached hydrogens (tertiary/aromatic N) is 4. The highest BCUT2D eigenvalue weighted by Gasteiger charge is 2.30. The Kier molecular flexibility index (Phi) is 6.09. The topological polar surface area (TPSA) is 115 Å². The van der Waals surface area contributed by atoms with Crippen LogP contribution in [0.3, 0.4) is 0 Å². The van der Waals surface area contributed by atoms with E-state index in [4.69, 9.17) is 10.5 Å². The fraction of sp³-hybridized carbons (Fsp3) is 0.143. The quantitative estimate of drug-likeness (QED) is 0.251. The van der Waals surface area contributed by atoms with Crippen LogP contribution < -0.4 is 15.8 Å². The molecule has 0 fully saturated rings. The third kappa shape index (κ3) is 5.34. The van der Waals surface area contributed by atoms with E-state index < -0.39 is 11.7 Å². The van der Waals surface area contributed by atoms with Gasteiger partial charge in [0.05, 0.1) is 5.56 Å². The van der Waals surface area contributed by atoms with Crippen LogP contribution in [0.2, 0.25) is 0 Å². The predicted octanol–water partition coefficient (Wildman–Crippen LogP) is 5.43. The molecule has 2 aromatic carbocycles. The van der Waals surface area contributed by atoms with E-state index in [1.165, 1.54) is 30.0 Å². The largest absolute Gasteiger partial charge is 0.439 e. The minimum Gasteiger partial charge on any atom is -0.439 e. The molecule has 0 saturated heterocycles. The van der Waals surface area contributed by atoms with Gasteiger partial charge in [0.15, 0.2) is 11.0 Å². The Labute approximate surface area is 190 Å². The van der Waals surface area contributed by atoms with Crippen LogP contribution in [0.15, 0.2) is 53.7 Å². The molecule has 0 bridgehead atoms. The highest BCUT2D eigenvalue weighted by Crippen LogP contribution is 2.32. The average Bonchev–Trinajstić information content (AvgIpc) is 3.23. The smallest absolute Gasteiger partial charge is 0.416 e. The lowest BCUT2D eigenvalue weighted by Gasteiger charge is -2.10. The number of anilines is 3. The molecular formula is C21H18F3N7OS. The maximum absolute atomic E-state index is 12.9. The van der Waals surface area contributed by atoms with E-state index in [1.54, 1.807) is 12.1 Å². The lowest BCUT2D eigenvalue weighted by Crippen LogP contribution is -2.05. The number of nitrogen functional groups attached to an aromatic ring is 1. The van der Waals surface area contributed by atoms with Crippen molar-refractivity contribution in [1.29, 1.82) is 0 Å². The number of aromatic amines is 1. The molecule has 0 unspecified atom stereocenters. The number of nitrogens with two attached hydrogens (primary N) is 1. The highest BCUT2D eigenvalue weighted by molar-refractivity contribution is 7.98. The first-order chi connectivity index (χ1) is 15.7. The van der Waals surface area contributed by atoms with Crippen molar-refractivity contribution >= 4 is 29.2 Å². The summed E-state index contributed by atoms with van der Waals surface area (Å²) in [6.07, 6.45) is -2.59. The molecule has 0 aliphatic heterocycles. The molecule has 33 heavy (non-hydrogen) atoms. The van der Waals surface area contributed by atoms with Crippen molar-refractivity contribution in [3.63, 3.8) is 0 Å². The molecule has 12 heteroatoms. The van der Waals surface area contributed by atoms with Crippen LogP contribution >= 0.6 is 11.8 Å². The first-order valence-electron chi connectivity index (χ1n) is 9.55. The summed E-state index contributed by atoms with van der Waals surface area (Å²) in [6, 6.07) is 11.7. The first-order valence-corrected chi connectivity index (χ1v) is 10.8. The normalized spacial score (nSPS) is 11.4. The number of hydrogen-bond acceptors (Lipinski definition) is 8. The predicted molar refractivity (Wildman–Crippen MR) is 120 cm³/mol. The van der Waals surface area contributed by atoms with Crippen LogP contribution in [-0.4, -0.2) is 31.4 Å². The number of ether oxygens (including phenoxy) is 1. The van der Waals surface area contributed by atoms with Crippen LogP contribution in [0, 0.1) is 6.92 Å². The maximum atomic E-state index is 12.9. The second-order valence-electron chi connectivity index (χ2n) is 6.93. The summed E-state index contributed by atoms with van der Waals surface area (Å²) >= 11 is 1.35. The zero-order chi connectivity index (χ0) is 23.6. The minimum absolute atomic E-state index is 0.211. The van der Waals surface area contributed by atoms with Gasteiger partial charge in [-0.25, -0.2) is 4.98 Å². The molecule has 170 valence electrons. The fourth-order valence-corrected chi connectivity index (χ4v) is 3.32. The SMILES string of the molecule is CSc1nc(N)cc(Oc2ccc(-c3nnc(Nc4cccc(C(F)(F)F)c4)[nH]3)cc2C)n1. The van der Waals surface area contributed by atoms with E-state index in [1.807, 2.05) is 19.2 Å². The number of H-pyrrole nitrogens is 1. The lowest BCUT2D eigenvalue weighted by molar-refractivity contribution is -0.137. The van der Waals surface area contributed by atoms with Gasteiger partial charge in [-0.3, -0.25) is 0 Å². The number of halogens is 3. The molecule has 0 saturated carbocycles. The molecule has 0 aliphatic carbocycles. The standard InChI is InChI=1S/C21H18F3N7OS/c1-11-8-12(6-7-15(11)32-17-10-16(25)27-20(28-17)33-2)18-29-19(31-30-18)26-14-5-3-4-13(9-14)21(22,23)24/h3-10H,1-2H3,(H2,25,27,28)(H2,26,29,30,31). The van der Waals surface area contributed by atoms with Gasteiger partial charge in [0.1, 0.15) is 11.6 Å². The van der Waals surface area contributed by atoms with Gasteiger partial charge in [-0.05, 0) is 55.1 Å². The number of aromatic nitrogens is 5. The highest BCUT2D eigenvalue weighted by atomic mass is 32.2. The molecule has 0 atom stereocenters. The van der Waals surface area contributed by atoms with Crippen molar-refractivity contribution in [3.8, 4) is 23.0 Å². The number of aryl methyl sites for hydroxylation is 1. The van der Waals surface area contributed by atoms with Gasteiger partial charge in [-0.2, -0.15) is 18.2 Å². The van der Waals surface area contributed by atoms with E-state index in [0.29, 0.717) is 28.4 Å². The van der Waals surface area contributed by atoms with Crippen LogP contribution in [-0.2, 0) is 6.18 Å². The lowest BCUT2D eigenvalue weighted by atomic mass is 10.1. The Balaban J connectivity index is 1.51. The molecule has 0 radical (unpaired) electrons. The van der Waals surface area contributed by atoms with Crippen molar-refractivity contribution in [2.45, 2.75) is 18.3 Å². The molecular weight excluding hydrogens is 455 g/mol. The molecule has 0 spiro atoms. The maximum Gasteiger partial charge on any atom is 0.416 e. The molecule has 4 aromatic rings. The zero-order valence-electron chi connectivity index (χ0n) is 17.4. The van der Waals surface area contributed by atoms with Gasteiger partial charge < -0.3 is 20.8 Å². The Morgan fingerprint density at radius 3 is 2.61 bits per heavy atom. The number of hydrogen-bond donors (Lipinski definition) is 3. The summed E-state index contributed by atoms with van der Waals surface area (Å²) in [6.45, 7) is 1.86. The summed E-state index contributed by atoms with van der Waals surface area (Å²) in [5.74, 6) is 1.86. The van der Waals surface area contributed by atoms with Gasteiger partial charge >= 0.3 is 6.18 Å². The third-order valence-corrected chi connectivity index (χ3v) is 5.03. The van der Waals surface area contributed by atoms with Gasteiger partial charge in [0, 0.05) is 17.3 Å². The van der Waals surface area contributed by atoms with E-state index in [0.717, 1.165) is 23.3 Å². The van der Waals surface area contributed by atoms with Gasteiger partial charge in [0.2, 0.25) is 11.8 Å². The van der Waals surface area contributed by atoms with E-state index in [9.17, 15) is 13.2 Å². The van der Waals surface area contributed by atoms with Gasteiger partial charge in [0.25, 0.3) is 0 Å². The number of benzene rings is 2. The van der Waals surface area contributed by atoms with Crippen molar-refractivity contribution in [2.75, 3.05) is 17.3 Å². The molecule has 4 N–H and O–H groups in total. The zero-order valence-corrected chi connectivity index (χ0v) is 18.3. The first kappa shape index (κ1) is 22.4. The van der Waals surface area contributed by atoms with Crippen molar-refractivity contribution in [2.24, 2.45) is 0 Å². The summed E-state index contributed by atoms with van der Waals surface area (Å²) < 4.78 is 44.6. The summed E-state index contributed by atoms with van der Waals surface area (Å²) in [4.78, 5) is 11.3. The summed E-state index contributed by atoms with van der Waals surface area (Å²) in [5, 5.41) is 11.3. The van der Waals surface area contributed by atoms with Crippen molar-refractivity contribution in [1.82, 2.24) is 25.1 Å². The monoisotopic (exact) mass is 473 g/mol. The van der Waals surface area contributed by atoms with Crippen molar-refractivity contribution in [3.05, 3.63) is 59.7 Å². The van der Waals surface area contributed by atoms with E-state index >= 15 is 0 Å². The number of rotatable bonds is 6. The van der Waals surface area contributed by atoms with Crippen LogP contribution in [0.25, 0.3) is 11.4 Å². The summed E-state index contributed by atoms with van der Waals surface area (Å²) in [5.41, 5.74) is 6.79. The number of alkyl halides is 3. The molecule has 8 nitrogen and oxygen atoms in total. The Hall–Kier alpha value is -3.80. The van der Waals surface area contributed by atoms with Gasteiger partial charge in [-0.1, -0.05) is 17.8 Å². The van der Waals surface area contributed by atoms with E-state index in [2.05, 4.69) is 30.5 Å². The molecule has 2 aromatic heterocycles. The van der Waals surface area contributed by atoms with E-state index in [-0.39, 0.29) is 11.6 Å². The average molecular weight is 473 g/mol. The van der Waals surface area contributed by atoms with Crippen LogP contribution in [0.5, 0.6) is 11.6 Å². The van der Waals surface area contributed by atoms with Gasteiger partial charge in [-0.15, -0.1) is 10.2 Å².